The highest BCUT2D eigenvalue weighted by molar-refractivity contribution is 7.89. The number of anilines is 1. The van der Waals surface area contributed by atoms with Crippen LogP contribution in [0.25, 0.3) is 0 Å². The zero-order valence-corrected chi connectivity index (χ0v) is 17.0. The van der Waals surface area contributed by atoms with Gasteiger partial charge in [0.2, 0.25) is 10.0 Å². The number of alkyl halides is 2. The molecule has 1 amide bonds. The fourth-order valence-corrected chi connectivity index (χ4v) is 5.22. The number of aromatic nitrogens is 1. The van der Waals surface area contributed by atoms with Crippen molar-refractivity contribution in [2.24, 2.45) is 13.0 Å². The second-order valence-electron chi connectivity index (χ2n) is 7.43. The molecule has 0 aliphatic carbocycles. The third-order valence-corrected chi connectivity index (χ3v) is 6.60. The van der Waals surface area contributed by atoms with Gasteiger partial charge in [0.25, 0.3) is 12.3 Å². The lowest BCUT2D eigenvalue weighted by Gasteiger charge is -2.19. The number of hydrogen-bond acceptors (Lipinski definition) is 3. The molecule has 10 heteroatoms. The van der Waals surface area contributed by atoms with Crippen molar-refractivity contribution in [2.45, 2.75) is 44.1 Å². The Morgan fingerprint density at radius 3 is 2.62 bits per heavy atom. The Morgan fingerprint density at radius 2 is 2.00 bits per heavy atom. The van der Waals surface area contributed by atoms with Gasteiger partial charge in [-0.3, -0.25) is 4.79 Å². The Morgan fingerprint density at radius 1 is 1.31 bits per heavy atom. The fourth-order valence-electron chi connectivity index (χ4n) is 3.49. The van der Waals surface area contributed by atoms with Crippen molar-refractivity contribution in [3.63, 3.8) is 0 Å². The zero-order valence-electron chi connectivity index (χ0n) is 16.2. The van der Waals surface area contributed by atoms with Gasteiger partial charge in [-0.1, -0.05) is 13.8 Å². The molecular weight excluding hydrogens is 407 g/mol. The van der Waals surface area contributed by atoms with Crippen molar-refractivity contribution < 1.29 is 26.4 Å². The van der Waals surface area contributed by atoms with Gasteiger partial charge < -0.3 is 9.88 Å². The molecule has 1 aliphatic heterocycles. The van der Waals surface area contributed by atoms with Crippen LogP contribution >= 0.6 is 0 Å². The number of nitrogens with zero attached hydrogens (tertiary/aromatic N) is 1. The first-order valence-corrected chi connectivity index (χ1v) is 10.6. The van der Waals surface area contributed by atoms with Gasteiger partial charge in [-0.2, -0.15) is 0 Å². The van der Waals surface area contributed by atoms with Gasteiger partial charge >= 0.3 is 0 Å². The molecule has 1 aromatic carbocycles. The molecule has 0 spiro atoms. The summed E-state index contributed by atoms with van der Waals surface area (Å²) < 4.78 is 68.8. The number of rotatable bonds is 4. The molecule has 2 aromatic rings. The minimum Gasteiger partial charge on any atom is -0.345 e. The number of nitrogens with one attached hydrogen (secondary N) is 2. The van der Waals surface area contributed by atoms with E-state index in [1.54, 1.807) is 0 Å². The smallest absolute Gasteiger partial charge is 0.272 e. The van der Waals surface area contributed by atoms with Crippen LogP contribution < -0.4 is 10.0 Å². The molecule has 0 radical (unpaired) electrons. The molecule has 158 valence electrons. The molecule has 2 N–H and O–H groups in total. The van der Waals surface area contributed by atoms with Crippen LogP contribution in [0.5, 0.6) is 0 Å². The van der Waals surface area contributed by atoms with E-state index in [2.05, 4.69) is 10.0 Å². The SMILES string of the molecule is CC(C)C1CCc2c(cn(C)c2C(=O)Nc2ccc(F)c(C(F)F)c2)S(=O)(=O)N1. The van der Waals surface area contributed by atoms with Crippen LogP contribution in [0.3, 0.4) is 0 Å². The summed E-state index contributed by atoms with van der Waals surface area (Å²) in [6.07, 6.45) is -0.785. The molecule has 1 aromatic heterocycles. The molecule has 0 saturated carbocycles. The van der Waals surface area contributed by atoms with Crippen LogP contribution in [0.1, 0.15) is 48.3 Å². The lowest BCUT2D eigenvalue weighted by molar-refractivity contribution is 0.101. The van der Waals surface area contributed by atoms with Gasteiger partial charge in [-0.15, -0.1) is 0 Å². The number of carbonyl (C=O) groups is 1. The van der Waals surface area contributed by atoms with Gasteiger partial charge in [0.1, 0.15) is 16.4 Å². The molecule has 1 atom stereocenters. The minimum absolute atomic E-state index is 0.00342. The highest BCUT2D eigenvalue weighted by Crippen LogP contribution is 2.30. The Kier molecular flexibility index (Phi) is 5.77. The molecule has 2 heterocycles. The van der Waals surface area contributed by atoms with E-state index < -0.39 is 33.7 Å². The summed E-state index contributed by atoms with van der Waals surface area (Å²) in [5, 5.41) is 2.46. The molecule has 1 aliphatic rings. The maximum absolute atomic E-state index is 13.5. The molecule has 6 nitrogen and oxygen atoms in total. The lowest BCUT2D eigenvalue weighted by atomic mass is 9.97. The van der Waals surface area contributed by atoms with Gasteiger partial charge in [-0.05, 0) is 37.0 Å². The Bertz CT molecular complexity index is 1050. The Balaban J connectivity index is 1.96. The van der Waals surface area contributed by atoms with E-state index in [1.165, 1.54) is 23.9 Å². The van der Waals surface area contributed by atoms with E-state index in [1.807, 2.05) is 13.8 Å². The lowest BCUT2D eigenvalue weighted by Crippen LogP contribution is -2.37. The third kappa shape index (κ3) is 4.18. The predicted octanol–water partition coefficient (Wildman–Crippen LogP) is 3.60. The number of fused-ring (bicyclic) bond motifs is 1. The van der Waals surface area contributed by atoms with Crippen molar-refractivity contribution in [3.8, 4) is 0 Å². The predicted molar refractivity (Wildman–Crippen MR) is 102 cm³/mol. The fraction of sp³-hybridized carbons (Fsp3) is 0.421. The van der Waals surface area contributed by atoms with Crippen molar-refractivity contribution in [1.29, 1.82) is 0 Å². The highest BCUT2D eigenvalue weighted by atomic mass is 32.2. The average Bonchev–Trinajstić information content (AvgIpc) is 2.90. The van der Waals surface area contributed by atoms with Crippen LogP contribution in [0.15, 0.2) is 29.3 Å². The van der Waals surface area contributed by atoms with Crippen LogP contribution in [0, 0.1) is 11.7 Å². The monoisotopic (exact) mass is 429 g/mol. The molecule has 1 unspecified atom stereocenters. The summed E-state index contributed by atoms with van der Waals surface area (Å²) in [5.41, 5.74) is -0.328. The van der Waals surface area contributed by atoms with E-state index in [9.17, 15) is 26.4 Å². The summed E-state index contributed by atoms with van der Waals surface area (Å²) in [6.45, 7) is 3.82. The number of carbonyl (C=O) groups excluding carboxylic acids is 1. The Labute approximate surface area is 167 Å². The minimum atomic E-state index is -3.80. The number of sulfonamides is 1. The molecular formula is C19H22F3N3O3S. The zero-order chi connectivity index (χ0) is 21.5. The van der Waals surface area contributed by atoms with E-state index in [-0.39, 0.29) is 28.2 Å². The molecule has 0 bridgehead atoms. The largest absolute Gasteiger partial charge is 0.345 e. The molecule has 0 saturated heterocycles. The second kappa shape index (κ2) is 7.83. The van der Waals surface area contributed by atoms with E-state index >= 15 is 0 Å². The van der Waals surface area contributed by atoms with Crippen molar-refractivity contribution in [1.82, 2.24) is 9.29 Å². The summed E-state index contributed by atoms with van der Waals surface area (Å²) in [4.78, 5) is 12.9. The Hall–Kier alpha value is -2.33. The quantitative estimate of drug-likeness (QED) is 0.779. The number of aryl methyl sites for hydroxylation is 1. The van der Waals surface area contributed by atoms with Gasteiger partial charge in [-0.25, -0.2) is 26.3 Å². The van der Waals surface area contributed by atoms with Crippen LogP contribution in [0.2, 0.25) is 0 Å². The third-order valence-electron chi connectivity index (χ3n) is 5.06. The summed E-state index contributed by atoms with van der Waals surface area (Å²) in [6, 6.07) is 2.63. The van der Waals surface area contributed by atoms with E-state index in [0.29, 0.717) is 18.4 Å². The van der Waals surface area contributed by atoms with Crippen LogP contribution in [-0.2, 0) is 23.5 Å². The topological polar surface area (TPSA) is 80.2 Å². The number of amides is 1. The summed E-state index contributed by atoms with van der Waals surface area (Å²) in [5.74, 6) is -1.65. The van der Waals surface area contributed by atoms with Gasteiger partial charge in [0.15, 0.2) is 0 Å². The molecule has 3 rings (SSSR count). The van der Waals surface area contributed by atoms with Crippen molar-refractivity contribution in [2.75, 3.05) is 5.32 Å². The van der Waals surface area contributed by atoms with Gasteiger partial charge in [0, 0.05) is 30.5 Å². The standard InChI is InChI=1S/C19H22F3N3O3S/c1-10(2)15-7-5-12-16(29(27,28)24-15)9-25(3)17(12)19(26)23-11-4-6-14(20)13(8-11)18(21)22/h4,6,8-10,15,18,24H,5,7H2,1-3H3,(H,23,26). The number of benzene rings is 1. The first-order valence-electron chi connectivity index (χ1n) is 9.10. The van der Waals surface area contributed by atoms with Crippen LogP contribution in [0.4, 0.5) is 18.9 Å². The molecule has 0 fully saturated rings. The van der Waals surface area contributed by atoms with E-state index in [0.717, 1.165) is 12.1 Å². The highest BCUT2D eigenvalue weighted by Gasteiger charge is 2.33. The molecule has 29 heavy (non-hydrogen) atoms. The number of halogens is 3. The summed E-state index contributed by atoms with van der Waals surface area (Å²) in [7, 11) is -2.27. The first-order chi connectivity index (χ1) is 13.5. The van der Waals surface area contributed by atoms with Crippen LogP contribution in [-0.4, -0.2) is 24.9 Å². The number of hydrogen-bond donors (Lipinski definition) is 2. The normalized spacial score (nSPS) is 18.6. The van der Waals surface area contributed by atoms with E-state index in [4.69, 9.17) is 0 Å². The van der Waals surface area contributed by atoms with Crippen molar-refractivity contribution >= 4 is 21.6 Å². The average molecular weight is 429 g/mol. The maximum Gasteiger partial charge on any atom is 0.272 e. The first kappa shape index (κ1) is 21.4. The summed E-state index contributed by atoms with van der Waals surface area (Å²) >= 11 is 0. The second-order valence-corrected chi connectivity index (χ2v) is 9.12. The maximum atomic E-state index is 13.5. The van der Waals surface area contributed by atoms with Gasteiger partial charge in [0.05, 0.1) is 5.56 Å². The van der Waals surface area contributed by atoms with Crippen molar-refractivity contribution in [3.05, 3.63) is 47.0 Å².